The molecule has 1 saturated heterocycles. The summed E-state index contributed by atoms with van der Waals surface area (Å²) in [5, 5.41) is 11.4. The summed E-state index contributed by atoms with van der Waals surface area (Å²) >= 11 is 0. The van der Waals surface area contributed by atoms with Gasteiger partial charge < -0.3 is 14.4 Å². The summed E-state index contributed by atoms with van der Waals surface area (Å²) in [5.41, 5.74) is -0.444. The molecule has 0 radical (unpaired) electrons. The van der Waals surface area contributed by atoms with Crippen LogP contribution in [0.1, 0.15) is 37.0 Å². The molecule has 1 aliphatic rings. The van der Waals surface area contributed by atoms with Gasteiger partial charge in [0.15, 0.2) is 11.5 Å². The number of nitro groups is 1. The number of carbonyl (C=O) groups excluding carboxylic acids is 1. The van der Waals surface area contributed by atoms with Crippen molar-refractivity contribution < 1.29 is 27.6 Å². The highest BCUT2D eigenvalue weighted by Gasteiger charge is 2.31. The largest absolute Gasteiger partial charge is 0.493 e. The number of piperidine rings is 1. The molecule has 0 atom stereocenters. The highest BCUT2D eigenvalue weighted by Crippen LogP contribution is 2.35. The summed E-state index contributed by atoms with van der Waals surface area (Å²) in [6.07, 6.45) is 0.875. The molecule has 11 heteroatoms. The molecule has 2 rings (SSSR count). The number of rotatable bonds is 8. The van der Waals surface area contributed by atoms with Crippen molar-refractivity contribution in [2.45, 2.75) is 32.7 Å². The minimum absolute atomic E-state index is 0.00953. The van der Waals surface area contributed by atoms with E-state index < -0.39 is 20.9 Å². The summed E-state index contributed by atoms with van der Waals surface area (Å²) in [6.45, 7) is 4.21. The molecule has 1 amide bonds. The number of nitro benzene ring substituents is 1. The summed E-state index contributed by atoms with van der Waals surface area (Å²) in [7, 11) is -1.95. The molecule has 0 aliphatic carbocycles. The minimum atomic E-state index is -3.32. The maximum atomic E-state index is 12.9. The molecular formula is C17H25N3O7S. The standard InChI is InChI=1S/C17H25N3O7S/c1-4-27-16-10-13(14(20(22)23)11-15(16)26-3)17(21)19-8-6-12(7-9-19)18-28(24,25)5-2/h10-12,18H,4-9H2,1-3H3. The van der Waals surface area contributed by atoms with Crippen molar-refractivity contribution in [3.8, 4) is 11.5 Å². The second kappa shape index (κ2) is 9.20. The third-order valence-electron chi connectivity index (χ3n) is 4.52. The minimum Gasteiger partial charge on any atom is -0.493 e. The first-order valence-corrected chi connectivity index (χ1v) is 10.7. The van der Waals surface area contributed by atoms with E-state index >= 15 is 0 Å². The Morgan fingerprint density at radius 2 is 1.93 bits per heavy atom. The number of benzene rings is 1. The van der Waals surface area contributed by atoms with E-state index in [1.807, 2.05) is 0 Å². The van der Waals surface area contributed by atoms with Crippen LogP contribution >= 0.6 is 0 Å². The SMILES string of the molecule is CCOc1cc(C(=O)N2CCC(NS(=O)(=O)CC)CC2)c([N+](=O)[O-])cc1OC. The van der Waals surface area contributed by atoms with E-state index in [0.29, 0.717) is 32.5 Å². The quantitative estimate of drug-likeness (QED) is 0.504. The normalized spacial score (nSPS) is 15.3. The average Bonchev–Trinajstić information content (AvgIpc) is 2.67. The average molecular weight is 415 g/mol. The number of nitrogens with zero attached hydrogens (tertiary/aromatic N) is 2. The third kappa shape index (κ3) is 5.10. The van der Waals surface area contributed by atoms with Gasteiger partial charge in [0.1, 0.15) is 5.56 Å². The molecule has 156 valence electrons. The molecule has 28 heavy (non-hydrogen) atoms. The van der Waals surface area contributed by atoms with E-state index in [9.17, 15) is 23.3 Å². The van der Waals surface area contributed by atoms with Gasteiger partial charge in [0, 0.05) is 25.2 Å². The zero-order valence-electron chi connectivity index (χ0n) is 16.1. The van der Waals surface area contributed by atoms with Gasteiger partial charge in [-0.1, -0.05) is 0 Å². The van der Waals surface area contributed by atoms with Crippen molar-refractivity contribution in [3.63, 3.8) is 0 Å². The lowest BCUT2D eigenvalue weighted by molar-refractivity contribution is -0.385. The third-order valence-corrected chi connectivity index (χ3v) is 5.97. The first-order valence-electron chi connectivity index (χ1n) is 9.00. The van der Waals surface area contributed by atoms with Crippen LogP contribution in [-0.2, 0) is 10.0 Å². The lowest BCUT2D eigenvalue weighted by Crippen LogP contribution is -2.46. The van der Waals surface area contributed by atoms with Crippen LogP contribution in [0.25, 0.3) is 0 Å². The molecule has 0 aromatic heterocycles. The Morgan fingerprint density at radius 3 is 2.43 bits per heavy atom. The van der Waals surface area contributed by atoms with Crippen LogP contribution in [0.3, 0.4) is 0 Å². The number of likely N-dealkylation sites (tertiary alicyclic amines) is 1. The summed E-state index contributed by atoms with van der Waals surface area (Å²) in [5.74, 6) is -0.0702. The van der Waals surface area contributed by atoms with E-state index in [2.05, 4.69) is 4.72 Å². The summed E-state index contributed by atoms with van der Waals surface area (Å²) < 4.78 is 36.5. The van der Waals surface area contributed by atoms with E-state index in [4.69, 9.17) is 9.47 Å². The predicted molar refractivity (Wildman–Crippen MR) is 102 cm³/mol. The maximum Gasteiger partial charge on any atom is 0.286 e. The van der Waals surface area contributed by atoms with Crippen LogP contribution in [0.2, 0.25) is 0 Å². The first kappa shape index (κ1) is 21.9. The van der Waals surface area contributed by atoms with Gasteiger partial charge in [-0.15, -0.1) is 0 Å². The highest BCUT2D eigenvalue weighted by atomic mass is 32.2. The fourth-order valence-electron chi connectivity index (χ4n) is 3.01. The Bertz CT molecular complexity index is 833. The van der Waals surface area contributed by atoms with Crippen molar-refractivity contribution in [3.05, 3.63) is 27.8 Å². The van der Waals surface area contributed by atoms with Gasteiger partial charge in [-0.2, -0.15) is 0 Å². The lowest BCUT2D eigenvalue weighted by atomic mass is 10.0. The Kier molecular flexibility index (Phi) is 7.19. The topological polar surface area (TPSA) is 128 Å². The number of hydrogen-bond acceptors (Lipinski definition) is 7. The van der Waals surface area contributed by atoms with Crippen LogP contribution in [0.15, 0.2) is 12.1 Å². The molecule has 1 heterocycles. The lowest BCUT2D eigenvalue weighted by Gasteiger charge is -2.32. The van der Waals surface area contributed by atoms with Gasteiger partial charge >= 0.3 is 0 Å². The number of nitrogens with one attached hydrogen (secondary N) is 1. The van der Waals surface area contributed by atoms with Crippen LogP contribution in [0.5, 0.6) is 11.5 Å². The molecule has 1 fully saturated rings. The molecule has 1 aromatic rings. The molecule has 0 unspecified atom stereocenters. The fraction of sp³-hybridized carbons (Fsp3) is 0.588. The smallest absolute Gasteiger partial charge is 0.286 e. The van der Waals surface area contributed by atoms with Crippen LogP contribution in [0, 0.1) is 10.1 Å². The Hall–Kier alpha value is -2.40. The second-order valence-electron chi connectivity index (χ2n) is 6.30. The maximum absolute atomic E-state index is 12.9. The number of methoxy groups -OCH3 is 1. The first-order chi connectivity index (χ1) is 13.2. The van der Waals surface area contributed by atoms with E-state index in [-0.39, 0.29) is 34.5 Å². The second-order valence-corrected chi connectivity index (χ2v) is 8.34. The van der Waals surface area contributed by atoms with Crippen molar-refractivity contribution >= 4 is 21.6 Å². The zero-order valence-corrected chi connectivity index (χ0v) is 17.0. The summed E-state index contributed by atoms with van der Waals surface area (Å²) in [6, 6.07) is 2.26. The Balaban J connectivity index is 2.22. The van der Waals surface area contributed by atoms with Gasteiger partial charge in [-0.25, -0.2) is 13.1 Å². The monoisotopic (exact) mass is 415 g/mol. The highest BCUT2D eigenvalue weighted by molar-refractivity contribution is 7.89. The number of hydrogen-bond donors (Lipinski definition) is 1. The van der Waals surface area contributed by atoms with Crippen molar-refractivity contribution in [2.24, 2.45) is 0 Å². The molecule has 1 aliphatic heterocycles. The number of amides is 1. The molecule has 0 bridgehead atoms. The van der Waals surface area contributed by atoms with Gasteiger partial charge in [0.05, 0.1) is 30.5 Å². The van der Waals surface area contributed by atoms with Gasteiger partial charge in [0.2, 0.25) is 10.0 Å². The van der Waals surface area contributed by atoms with E-state index in [1.165, 1.54) is 24.1 Å². The molecule has 1 N–H and O–H groups in total. The van der Waals surface area contributed by atoms with E-state index in [1.54, 1.807) is 13.8 Å². The summed E-state index contributed by atoms with van der Waals surface area (Å²) in [4.78, 5) is 25.2. The van der Waals surface area contributed by atoms with Gasteiger partial charge in [0.25, 0.3) is 11.6 Å². The van der Waals surface area contributed by atoms with Crippen molar-refractivity contribution in [1.82, 2.24) is 9.62 Å². The van der Waals surface area contributed by atoms with Crippen molar-refractivity contribution in [1.29, 1.82) is 0 Å². The number of carbonyl (C=O) groups is 1. The van der Waals surface area contributed by atoms with E-state index in [0.717, 1.165) is 0 Å². The van der Waals surface area contributed by atoms with Crippen LogP contribution in [0.4, 0.5) is 5.69 Å². The molecule has 0 spiro atoms. The number of ether oxygens (including phenoxy) is 2. The van der Waals surface area contributed by atoms with Crippen LogP contribution in [-0.4, -0.2) is 62.7 Å². The van der Waals surface area contributed by atoms with Crippen molar-refractivity contribution in [2.75, 3.05) is 32.6 Å². The zero-order chi connectivity index (χ0) is 20.9. The molecule has 10 nitrogen and oxygen atoms in total. The predicted octanol–water partition coefficient (Wildman–Crippen LogP) is 1.55. The molecule has 0 saturated carbocycles. The number of sulfonamides is 1. The Labute approximate surface area is 164 Å². The fourth-order valence-corrected chi connectivity index (χ4v) is 3.92. The van der Waals surface area contributed by atoms with Gasteiger partial charge in [-0.3, -0.25) is 14.9 Å². The Morgan fingerprint density at radius 1 is 1.29 bits per heavy atom. The van der Waals surface area contributed by atoms with Gasteiger partial charge in [-0.05, 0) is 26.7 Å². The van der Waals surface area contributed by atoms with Crippen LogP contribution < -0.4 is 14.2 Å². The molecular weight excluding hydrogens is 390 g/mol. The molecule has 1 aromatic carbocycles.